The second-order valence-corrected chi connectivity index (χ2v) is 5.63. The molecule has 1 aromatic carbocycles. The number of methoxy groups -OCH3 is 1. The number of pyridine rings is 1. The topological polar surface area (TPSA) is 46.2 Å². The Labute approximate surface area is 136 Å². The number of aryl methyl sites for hydroxylation is 2. The first-order valence-corrected chi connectivity index (χ1v) is 7.55. The Morgan fingerprint density at radius 2 is 2.00 bits per heavy atom. The van der Waals surface area contributed by atoms with Crippen LogP contribution in [0.4, 0.5) is 5.82 Å². The molecule has 1 aromatic heterocycles. The molecule has 1 unspecified atom stereocenters. The summed E-state index contributed by atoms with van der Waals surface area (Å²) in [5.41, 5.74) is 3.76. The van der Waals surface area contributed by atoms with E-state index in [4.69, 9.17) is 17.0 Å². The van der Waals surface area contributed by atoms with Crippen LogP contribution in [0.2, 0.25) is 0 Å². The van der Waals surface area contributed by atoms with E-state index in [2.05, 4.69) is 54.6 Å². The SMILES string of the molecule is COc1cccnc1NC(=S)NC(C)c1ccc(C)c(C)c1. The molecule has 0 aliphatic heterocycles. The lowest BCUT2D eigenvalue weighted by Gasteiger charge is -2.18. The van der Waals surface area contributed by atoms with E-state index in [1.807, 2.05) is 12.1 Å². The van der Waals surface area contributed by atoms with E-state index in [-0.39, 0.29) is 6.04 Å². The molecule has 2 aromatic rings. The largest absolute Gasteiger partial charge is 0.493 e. The molecule has 0 aliphatic rings. The summed E-state index contributed by atoms with van der Waals surface area (Å²) in [6.07, 6.45) is 1.69. The molecule has 4 nitrogen and oxygen atoms in total. The third-order valence-corrected chi connectivity index (χ3v) is 3.82. The second-order valence-electron chi connectivity index (χ2n) is 5.22. The zero-order chi connectivity index (χ0) is 16.1. The van der Waals surface area contributed by atoms with Gasteiger partial charge < -0.3 is 15.4 Å². The summed E-state index contributed by atoms with van der Waals surface area (Å²) in [4.78, 5) is 4.23. The van der Waals surface area contributed by atoms with Gasteiger partial charge in [0.25, 0.3) is 0 Å². The van der Waals surface area contributed by atoms with Gasteiger partial charge in [-0.1, -0.05) is 18.2 Å². The van der Waals surface area contributed by atoms with Crippen LogP contribution in [0.3, 0.4) is 0 Å². The Hall–Kier alpha value is -2.14. The number of aromatic nitrogens is 1. The van der Waals surface area contributed by atoms with Crippen molar-refractivity contribution in [3.63, 3.8) is 0 Å². The summed E-state index contributed by atoms with van der Waals surface area (Å²) < 4.78 is 5.25. The fourth-order valence-electron chi connectivity index (χ4n) is 2.11. The van der Waals surface area contributed by atoms with Crippen LogP contribution in [0.5, 0.6) is 5.75 Å². The molecule has 0 radical (unpaired) electrons. The van der Waals surface area contributed by atoms with Crippen molar-refractivity contribution in [3.05, 3.63) is 53.2 Å². The number of anilines is 1. The highest BCUT2D eigenvalue weighted by Crippen LogP contribution is 2.21. The normalized spacial score (nSPS) is 11.6. The van der Waals surface area contributed by atoms with Gasteiger partial charge in [-0.2, -0.15) is 0 Å². The Bertz CT molecular complexity index is 673. The molecule has 0 bridgehead atoms. The number of benzene rings is 1. The molecule has 1 atom stereocenters. The van der Waals surface area contributed by atoms with Gasteiger partial charge in [-0.15, -0.1) is 0 Å². The van der Waals surface area contributed by atoms with Gasteiger partial charge in [0.05, 0.1) is 13.2 Å². The van der Waals surface area contributed by atoms with E-state index < -0.39 is 0 Å². The number of nitrogens with one attached hydrogen (secondary N) is 2. The van der Waals surface area contributed by atoms with Gasteiger partial charge >= 0.3 is 0 Å². The minimum Gasteiger partial charge on any atom is -0.493 e. The third-order valence-electron chi connectivity index (χ3n) is 3.60. The maximum absolute atomic E-state index is 5.36. The van der Waals surface area contributed by atoms with Crippen LogP contribution >= 0.6 is 12.2 Å². The molecule has 0 saturated carbocycles. The number of hydrogen-bond donors (Lipinski definition) is 2. The van der Waals surface area contributed by atoms with E-state index in [9.17, 15) is 0 Å². The van der Waals surface area contributed by atoms with E-state index in [1.54, 1.807) is 13.3 Å². The van der Waals surface area contributed by atoms with Gasteiger partial charge in [-0.25, -0.2) is 4.98 Å². The first kappa shape index (κ1) is 16.2. The molecule has 2 N–H and O–H groups in total. The Morgan fingerprint density at radius 1 is 1.23 bits per heavy atom. The minimum atomic E-state index is 0.106. The van der Waals surface area contributed by atoms with Crippen LogP contribution in [0, 0.1) is 13.8 Å². The van der Waals surface area contributed by atoms with Crippen LogP contribution < -0.4 is 15.4 Å². The monoisotopic (exact) mass is 315 g/mol. The van der Waals surface area contributed by atoms with E-state index in [1.165, 1.54) is 16.7 Å². The lowest BCUT2D eigenvalue weighted by molar-refractivity contribution is 0.415. The lowest BCUT2D eigenvalue weighted by Crippen LogP contribution is -2.31. The second kappa shape index (κ2) is 7.22. The van der Waals surface area contributed by atoms with E-state index in [0.717, 1.165) is 0 Å². The third kappa shape index (κ3) is 3.95. The number of ether oxygens (including phenoxy) is 1. The summed E-state index contributed by atoms with van der Waals surface area (Å²) in [5, 5.41) is 6.86. The fraction of sp³-hybridized carbons (Fsp3) is 0.294. The summed E-state index contributed by atoms with van der Waals surface area (Å²) in [6, 6.07) is 10.2. The molecule has 2 rings (SSSR count). The van der Waals surface area contributed by atoms with Gasteiger partial charge in [0, 0.05) is 6.20 Å². The lowest BCUT2D eigenvalue weighted by atomic mass is 10.0. The molecular formula is C17H21N3OS. The molecule has 116 valence electrons. The highest BCUT2D eigenvalue weighted by molar-refractivity contribution is 7.80. The van der Waals surface area contributed by atoms with Crippen molar-refractivity contribution in [1.82, 2.24) is 10.3 Å². The van der Waals surface area contributed by atoms with E-state index in [0.29, 0.717) is 16.7 Å². The molecule has 0 fully saturated rings. The smallest absolute Gasteiger partial charge is 0.174 e. The average Bonchev–Trinajstić information content (AvgIpc) is 2.50. The van der Waals surface area contributed by atoms with Crippen molar-refractivity contribution in [2.45, 2.75) is 26.8 Å². The first-order chi connectivity index (χ1) is 10.5. The quantitative estimate of drug-likeness (QED) is 0.841. The number of rotatable bonds is 4. The summed E-state index contributed by atoms with van der Waals surface area (Å²) in [7, 11) is 1.61. The number of thiocarbonyl (C=S) groups is 1. The molecule has 1 heterocycles. The minimum absolute atomic E-state index is 0.106. The highest BCUT2D eigenvalue weighted by atomic mass is 32.1. The van der Waals surface area contributed by atoms with Crippen molar-refractivity contribution in [3.8, 4) is 5.75 Å². The van der Waals surface area contributed by atoms with Crippen molar-refractivity contribution in [2.24, 2.45) is 0 Å². The zero-order valence-corrected chi connectivity index (χ0v) is 14.1. The van der Waals surface area contributed by atoms with Crippen LogP contribution in [-0.4, -0.2) is 17.2 Å². The standard InChI is InChI=1S/C17H21N3OS/c1-11-7-8-14(10-12(11)2)13(3)19-17(22)20-16-15(21-4)6-5-9-18-16/h5-10,13H,1-4H3,(H2,18,19,20,22). The maximum atomic E-state index is 5.36. The Balaban J connectivity index is 2.03. The molecular weight excluding hydrogens is 294 g/mol. The van der Waals surface area contributed by atoms with Crippen LogP contribution in [0.15, 0.2) is 36.5 Å². The first-order valence-electron chi connectivity index (χ1n) is 7.15. The molecule has 0 spiro atoms. The highest BCUT2D eigenvalue weighted by Gasteiger charge is 2.10. The van der Waals surface area contributed by atoms with Gasteiger partial charge in [-0.3, -0.25) is 0 Å². The summed E-state index contributed by atoms with van der Waals surface area (Å²) in [5.74, 6) is 1.26. The van der Waals surface area contributed by atoms with Crippen molar-refractivity contribution in [2.75, 3.05) is 12.4 Å². The van der Waals surface area contributed by atoms with E-state index >= 15 is 0 Å². The Kier molecular flexibility index (Phi) is 5.33. The predicted molar refractivity (Wildman–Crippen MR) is 94.5 cm³/mol. The van der Waals surface area contributed by atoms with Gasteiger partial charge in [0.1, 0.15) is 0 Å². The molecule has 0 aliphatic carbocycles. The van der Waals surface area contributed by atoms with Crippen LogP contribution in [-0.2, 0) is 0 Å². The molecule has 22 heavy (non-hydrogen) atoms. The number of hydrogen-bond acceptors (Lipinski definition) is 3. The van der Waals surface area contributed by atoms with Crippen molar-refractivity contribution in [1.29, 1.82) is 0 Å². The van der Waals surface area contributed by atoms with Crippen molar-refractivity contribution < 1.29 is 4.74 Å². The molecule has 0 amide bonds. The van der Waals surface area contributed by atoms with Gasteiger partial charge in [-0.05, 0) is 61.8 Å². The Morgan fingerprint density at radius 3 is 2.68 bits per heavy atom. The number of nitrogens with zero attached hydrogens (tertiary/aromatic N) is 1. The predicted octanol–water partition coefficient (Wildman–Crippen LogP) is 3.75. The molecule has 5 heteroatoms. The summed E-state index contributed by atoms with van der Waals surface area (Å²) in [6.45, 7) is 6.30. The van der Waals surface area contributed by atoms with Crippen LogP contribution in [0.25, 0.3) is 0 Å². The average molecular weight is 315 g/mol. The maximum Gasteiger partial charge on any atom is 0.174 e. The van der Waals surface area contributed by atoms with Crippen molar-refractivity contribution >= 4 is 23.1 Å². The molecule has 0 saturated heterocycles. The zero-order valence-electron chi connectivity index (χ0n) is 13.3. The van der Waals surface area contributed by atoms with Gasteiger partial charge in [0.15, 0.2) is 16.7 Å². The summed E-state index contributed by atoms with van der Waals surface area (Å²) >= 11 is 5.36. The fourth-order valence-corrected chi connectivity index (χ4v) is 2.38. The van der Waals surface area contributed by atoms with Crippen LogP contribution in [0.1, 0.15) is 29.7 Å². The van der Waals surface area contributed by atoms with Gasteiger partial charge in [0.2, 0.25) is 0 Å².